The molecule has 0 amide bonds. The van der Waals surface area contributed by atoms with Gasteiger partial charge in [-0.2, -0.15) is 13.2 Å². The van der Waals surface area contributed by atoms with Gasteiger partial charge in [0.15, 0.2) is 0 Å². The third-order valence-electron chi connectivity index (χ3n) is 7.49. The van der Waals surface area contributed by atoms with Crippen molar-refractivity contribution in [3.63, 3.8) is 0 Å². The Balaban J connectivity index is 1.53. The summed E-state index contributed by atoms with van der Waals surface area (Å²) in [6.07, 6.45) is 0.280. The van der Waals surface area contributed by atoms with Gasteiger partial charge in [-0.15, -0.1) is 0 Å². The molecule has 8 heteroatoms. The first-order valence-electron chi connectivity index (χ1n) is 11.9. The van der Waals surface area contributed by atoms with E-state index in [0.29, 0.717) is 36.6 Å². The summed E-state index contributed by atoms with van der Waals surface area (Å²) in [6, 6.07) is 4.07. The Kier molecular flexibility index (Phi) is 6.27. The smallest absolute Gasteiger partial charge is 0.394 e. The number of methoxy groups -OCH3 is 1. The van der Waals surface area contributed by atoms with E-state index in [0.717, 1.165) is 36.1 Å². The van der Waals surface area contributed by atoms with E-state index < -0.39 is 23.6 Å². The lowest BCUT2D eigenvalue weighted by Gasteiger charge is -2.42. The van der Waals surface area contributed by atoms with Gasteiger partial charge in [-0.05, 0) is 58.4 Å². The van der Waals surface area contributed by atoms with E-state index in [2.05, 4.69) is 4.57 Å². The number of carbonyl (C=O) groups is 1. The Bertz CT molecular complexity index is 1030. The third kappa shape index (κ3) is 4.51. The molecule has 0 bridgehead atoms. The van der Waals surface area contributed by atoms with Gasteiger partial charge in [-0.25, -0.2) is 4.98 Å². The minimum absolute atomic E-state index is 0.0606. The van der Waals surface area contributed by atoms with Gasteiger partial charge in [-0.1, -0.05) is 6.42 Å². The molecule has 2 aliphatic carbocycles. The minimum atomic E-state index is -4.31. The second kappa shape index (κ2) is 8.60. The second-order valence-electron chi connectivity index (χ2n) is 10.3. The number of aliphatic hydroxyl groups is 1. The summed E-state index contributed by atoms with van der Waals surface area (Å²) in [5.41, 5.74) is -0.523. The lowest BCUT2D eigenvalue weighted by Crippen LogP contribution is -2.45. The number of rotatable bonds is 9. The van der Waals surface area contributed by atoms with Crippen LogP contribution >= 0.6 is 0 Å². The number of nitrogens with zero attached hydrogens (tertiary/aromatic N) is 2. The van der Waals surface area contributed by atoms with Crippen molar-refractivity contribution >= 4 is 16.8 Å². The van der Waals surface area contributed by atoms with Crippen LogP contribution in [-0.2, 0) is 16.8 Å². The summed E-state index contributed by atoms with van der Waals surface area (Å²) in [5.74, 6) is 1.09. The first-order valence-corrected chi connectivity index (χ1v) is 11.9. The number of halogens is 3. The standard InChI is InChI=1S/C25H33F3N2O3/c1-23(2,32)18-13-20-19(14-21(18)33-3)29-22(30(20)16-7-4-8-16)10-5-9-17(31)15-24(11-6-12-24)25(26,27)28/h13-14,16,32H,4-12,15H2,1-3H3. The molecule has 0 saturated heterocycles. The fraction of sp³-hybridized carbons (Fsp3) is 0.680. The molecule has 2 fully saturated rings. The maximum Gasteiger partial charge on any atom is 0.394 e. The molecular weight excluding hydrogens is 433 g/mol. The zero-order valence-electron chi connectivity index (χ0n) is 19.6. The number of alkyl halides is 3. The monoisotopic (exact) mass is 466 g/mol. The maximum absolute atomic E-state index is 13.4. The molecule has 0 radical (unpaired) electrons. The van der Waals surface area contributed by atoms with E-state index >= 15 is 0 Å². The molecule has 2 aromatic rings. The van der Waals surface area contributed by atoms with Crippen LogP contribution in [0, 0.1) is 5.41 Å². The molecule has 0 unspecified atom stereocenters. The molecule has 0 atom stereocenters. The summed E-state index contributed by atoms with van der Waals surface area (Å²) in [5, 5.41) is 10.6. The summed E-state index contributed by atoms with van der Waals surface area (Å²) in [7, 11) is 1.56. The highest BCUT2D eigenvalue weighted by Gasteiger charge is 2.58. The summed E-state index contributed by atoms with van der Waals surface area (Å²) < 4.78 is 47.9. The van der Waals surface area contributed by atoms with Crippen molar-refractivity contribution in [2.24, 2.45) is 5.41 Å². The molecule has 2 saturated carbocycles. The normalized spacial score (nSPS) is 18.8. The number of carbonyl (C=O) groups excluding carboxylic acids is 1. The van der Waals surface area contributed by atoms with Gasteiger partial charge in [0.25, 0.3) is 0 Å². The number of aromatic nitrogens is 2. The lowest BCUT2D eigenvalue weighted by atomic mass is 9.65. The zero-order valence-corrected chi connectivity index (χ0v) is 19.6. The summed E-state index contributed by atoms with van der Waals surface area (Å²) >= 11 is 0. The van der Waals surface area contributed by atoms with E-state index in [9.17, 15) is 23.1 Å². The van der Waals surface area contributed by atoms with Gasteiger partial charge >= 0.3 is 6.18 Å². The highest BCUT2D eigenvalue weighted by atomic mass is 19.4. The Morgan fingerprint density at radius 2 is 1.94 bits per heavy atom. The van der Waals surface area contributed by atoms with Gasteiger partial charge < -0.3 is 14.4 Å². The Morgan fingerprint density at radius 1 is 1.24 bits per heavy atom. The van der Waals surface area contributed by atoms with Gasteiger partial charge in [0.2, 0.25) is 0 Å². The zero-order chi connectivity index (χ0) is 24.0. The topological polar surface area (TPSA) is 64.3 Å². The Morgan fingerprint density at radius 3 is 2.42 bits per heavy atom. The minimum Gasteiger partial charge on any atom is -0.496 e. The maximum atomic E-state index is 13.4. The van der Waals surface area contributed by atoms with Crippen LogP contribution in [0.1, 0.15) is 89.1 Å². The van der Waals surface area contributed by atoms with E-state index in [1.807, 2.05) is 12.1 Å². The Hall–Kier alpha value is -2.09. The molecule has 4 rings (SSSR count). The van der Waals surface area contributed by atoms with Crippen LogP contribution in [0.25, 0.3) is 11.0 Å². The molecule has 2 aliphatic rings. The van der Waals surface area contributed by atoms with Crippen LogP contribution < -0.4 is 4.74 Å². The van der Waals surface area contributed by atoms with Crippen molar-refractivity contribution in [2.75, 3.05) is 7.11 Å². The van der Waals surface area contributed by atoms with E-state index in [4.69, 9.17) is 9.72 Å². The molecule has 0 aliphatic heterocycles. The number of ketones is 1. The van der Waals surface area contributed by atoms with Gasteiger partial charge in [0.05, 0.1) is 29.2 Å². The number of Topliss-reactive ketones (excluding diaryl/α,β-unsaturated/α-hetero) is 1. The summed E-state index contributed by atoms with van der Waals surface area (Å²) in [6.45, 7) is 3.42. The van der Waals surface area contributed by atoms with Crippen molar-refractivity contribution < 1.29 is 27.8 Å². The van der Waals surface area contributed by atoms with Crippen LogP contribution in [-0.4, -0.2) is 33.7 Å². The first kappa shape index (κ1) is 24.0. The highest BCUT2D eigenvalue weighted by Crippen LogP contribution is 2.55. The third-order valence-corrected chi connectivity index (χ3v) is 7.49. The molecule has 1 heterocycles. The Labute approximate surface area is 192 Å². The SMILES string of the molecule is COc1cc2nc(CCCC(=O)CC3(C(F)(F)F)CCC3)n(C3CCC3)c2cc1C(C)(C)O. The fourth-order valence-electron chi connectivity index (χ4n) is 5.12. The molecular formula is C25H33F3N2O3. The molecule has 182 valence electrons. The van der Waals surface area contributed by atoms with Crippen LogP contribution in [0.3, 0.4) is 0 Å². The number of ether oxygens (including phenoxy) is 1. The van der Waals surface area contributed by atoms with Gasteiger partial charge in [0, 0.05) is 36.9 Å². The molecule has 5 nitrogen and oxygen atoms in total. The summed E-state index contributed by atoms with van der Waals surface area (Å²) in [4.78, 5) is 17.2. The number of aryl methyl sites for hydroxylation is 1. The van der Waals surface area contributed by atoms with Crippen molar-refractivity contribution in [1.29, 1.82) is 0 Å². The first-order chi connectivity index (χ1) is 15.4. The van der Waals surface area contributed by atoms with Crippen molar-refractivity contribution in [2.45, 2.75) is 95.9 Å². The van der Waals surface area contributed by atoms with E-state index in [-0.39, 0.29) is 25.0 Å². The average Bonchev–Trinajstić information content (AvgIpc) is 2.97. The van der Waals surface area contributed by atoms with Crippen LogP contribution in [0.4, 0.5) is 13.2 Å². The quantitative estimate of drug-likeness (QED) is 0.491. The number of imidazole rings is 1. The fourth-order valence-corrected chi connectivity index (χ4v) is 5.12. The van der Waals surface area contributed by atoms with Gasteiger partial charge in [-0.3, -0.25) is 4.79 Å². The van der Waals surface area contributed by atoms with Gasteiger partial charge in [0.1, 0.15) is 17.4 Å². The number of benzene rings is 1. The second-order valence-corrected chi connectivity index (χ2v) is 10.3. The van der Waals surface area contributed by atoms with Crippen molar-refractivity contribution in [3.8, 4) is 5.75 Å². The molecule has 33 heavy (non-hydrogen) atoms. The molecule has 1 aromatic carbocycles. The molecule has 0 spiro atoms. The lowest BCUT2D eigenvalue weighted by molar-refractivity contribution is -0.251. The van der Waals surface area contributed by atoms with Crippen LogP contribution in [0.15, 0.2) is 12.1 Å². The number of fused-ring (bicyclic) bond motifs is 1. The largest absolute Gasteiger partial charge is 0.496 e. The predicted molar refractivity (Wildman–Crippen MR) is 119 cm³/mol. The van der Waals surface area contributed by atoms with E-state index in [1.54, 1.807) is 21.0 Å². The van der Waals surface area contributed by atoms with Crippen molar-refractivity contribution in [1.82, 2.24) is 9.55 Å². The number of hydrogen-bond donors (Lipinski definition) is 1. The molecule has 1 N–H and O–H groups in total. The predicted octanol–water partition coefficient (Wildman–Crippen LogP) is 6.01. The van der Waals surface area contributed by atoms with E-state index in [1.165, 1.54) is 0 Å². The average molecular weight is 467 g/mol. The van der Waals surface area contributed by atoms with Crippen molar-refractivity contribution in [3.05, 3.63) is 23.5 Å². The highest BCUT2D eigenvalue weighted by molar-refractivity contribution is 5.80. The molecule has 1 aromatic heterocycles. The number of hydrogen-bond acceptors (Lipinski definition) is 4. The van der Waals surface area contributed by atoms with Crippen LogP contribution in [0.5, 0.6) is 5.75 Å². The van der Waals surface area contributed by atoms with Crippen LogP contribution in [0.2, 0.25) is 0 Å².